The molecule has 0 bridgehead atoms. The quantitative estimate of drug-likeness (QED) is 0.676. The maximum atomic E-state index is 12.3. The van der Waals surface area contributed by atoms with Gasteiger partial charge < -0.3 is 5.32 Å². The van der Waals surface area contributed by atoms with E-state index in [1.165, 1.54) is 0 Å². The predicted octanol–water partition coefficient (Wildman–Crippen LogP) is 1.91. The molecule has 2 aliphatic rings. The van der Waals surface area contributed by atoms with E-state index in [0.29, 0.717) is 24.4 Å². The highest BCUT2D eigenvalue weighted by molar-refractivity contribution is 6.30. The van der Waals surface area contributed by atoms with Crippen LogP contribution in [0.2, 0.25) is 5.02 Å². The average molecular weight is 333 g/mol. The Kier molecular flexibility index (Phi) is 4.48. The van der Waals surface area contributed by atoms with E-state index < -0.39 is 0 Å². The van der Waals surface area contributed by atoms with Gasteiger partial charge >= 0.3 is 0 Å². The fourth-order valence-electron chi connectivity index (χ4n) is 3.07. The molecule has 1 aromatic rings. The van der Waals surface area contributed by atoms with E-state index in [-0.39, 0.29) is 36.1 Å². The average Bonchev–Trinajstić information content (AvgIpc) is 2.79. The third-order valence-electron chi connectivity index (χ3n) is 4.28. The summed E-state index contributed by atoms with van der Waals surface area (Å²) in [6.45, 7) is 0.0925. The molecule has 2 atom stereocenters. The molecule has 3 rings (SSSR count). The Balaban J connectivity index is 1.58. The zero-order valence-electron chi connectivity index (χ0n) is 12.5. The minimum atomic E-state index is -0.349. The fourth-order valence-corrected chi connectivity index (χ4v) is 3.28. The minimum Gasteiger partial charge on any atom is -0.350 e. The predicted molar refractivity (Wildman–Crippen MR) is 85.4 cm³/mol. The number of halogens is 1. The van der Waals surface area contributed by atoms with Crippen LogP contribution in [0.1, 0.15) is 18.4 Å². The summed E-state index contributed by atoms with van der Waals surface area (Å²) in [7, 11) is 0. The number of carbonyl (C=O) groups is 3. The molecule has 3 amide bonds. The molecule has 0 aromatic heterocycles. The van der Waals surface area contributed by atoms with E-state index in [2.05, 4.69) is 5.32 Å². The van der Waals surface area contributed by atoms with E-state index in [0.717, 1.165) is 10.5 Å². The summed E-state index contributed by atoms with van der Waals surface area (Å²) in [6, 6.07) is 7.16. The molecule has 6 heteroatoms. The van der Waals surface area contributed by atoms with Gasteiger partial charge in [-0.3, -0.25) is 19.3 Å². The zero-order valence-corrected chi connectivity index (χ0v) is 13.3. The van der Waals surface area contributed by atoms with Crippen LogP contribution >= 0.6 is 11.6 Å². The molecule has 1 saturated heterocycles. The zero-order chi connectivity index (χ0) is 16.4. The maximum Gasteiger partial charge on any atom is 0.240 e. The number of benzene rings is 1. The third kappa shape index (κ3) is 3.29. The van der Waals surface area contributed by atoms with E-state index in [9.17, 15) is 14.4 Å². The molecule has 1 aromatic carbocycles. The first-order chi connectivity index (χ1) is 11.1. The molecule has 2 unspecified atom stereocenters. The minimum absolute atomic E-state index is 0.217. The molecular weight excluding hydrogens is 316 g/mol. The lowest BCUT2D eigenvalue weighted by atomic mass is 9.85. The fraction of sp³-hybridized carbons (Fsp3) is 0.353. The van der Waals surface area contributed by atoms with Crippen molar-refractivity contribution in [3.63, 3.8) is 0 Å². The van der Waals surface area contributed by atoms with E-state index >= 15 is 0 Å². The second-order valence-electron chi connectivity index (χ2n) is 5.83. The Morgan fingerprint density at radius 2 is 1.83 bits per heavy atom. The van der Waals surface area contributed by atoms with Gasteiger partial charge in [0, 0.05) is 11.6 Å². The molecule has 0 saturated carbocycles. The van der Waals surface area contributed by atoms with Crippen molar-refractivity contribution in [1.29, 1.82) is 0 Å². The molecule has 23 heavy (non-hydrogen) atoms. The normalized spacial score (nSPS) is 23.1. The lowest BCUT2D eigenvalue weighted by Gasteiger charge is -2.14. The third-order valence-corrected chi connectivity index (χ3v) is 4.51. The molecule has 1 aliphatic carbocycles. The van der Waals surface area contributed by atoms with Crippen LogP contribution in [-0.4, -0.2) is 29.2 Å². The SMILES string of the molecule is O=C(CN1C(=O)C2CC=CCC2C1=O)NCc1cccc(Cl)c1. The second kappa shape index (κ2) is 6.54. The van der Waals surface area contributed by atoms with Crippen molar-refractivity contribution in [2.24, 2.45) is 11.8 Å². The second-order valence-corrected chi connectivity index (χ2v) is 6.26. The lowest BCUT2D eigenvalue weighted by molar-refractivity contribution is -0.143. The summed E-state index contributed by atoms with van der Waals surface area (Å²) in [5.41, 5.74) is 0.864. The number of fused-ring (bicyclic) bond motifs is 1. The molecule has 5 nitrogen and oxygen atoms in total. The Hall–Kier alpha value is -2.14. The van der Waals surface area contributed by atoms with Crippen molar-refractivity contribution in [2.45, 2.75) is 19.4 Å². The standard InChI is InChI=1S/C17H17ClN2O3/c18-12-5-3-4-11(8-12)9-19-15(21)10-20-16(22)13-6-1-2-7-14(13)17(20)23/h1-5,8,13-14H,6-7,9-10H2,(H,19,21). The largest absolute Gasteiger partial charge is 0.350 e. The van der Waals surface area contributed by atoms with E-state index in [4.69, 9.17) is 11.6 Å². The number of amides is 3. The molecule has 1 heterocycles. The molecule has 1 N–H and O–H groups in total. The van der Waals surface area contributed by atoms with Crippen LogP contribution in [0, 0.1) is 11.8 Å². The summed E-state index contributed by atoms with van der Waals surface area (Å²) in [6.07, 6.45) is 5.01. The number of nitrogens with one attached hydrogen (secondary N) is 1. The van der Waals surface area contributed by atoms with Gasteiger partial charge in [0.15, 0.2) is 0 Å². The van der Waals surface area contributed by atoms with Gasteiger partial charge in [-0.1, -0.05) is 35.9 Å². The Morgan fingerprint density at radius 1 is 1.17 bits per heavy atom. The van der Waals surface area contributed by atoms with Crippen LogP contribution in [0.25, 0.3) is 0 Å². The van der Waals surface area contributed by atoms with Gasteiger partial charge in [-0.05, 0) is 30.5 Å². The smallest absolute Gasteiger partial charge is 0.240 e. The van der Waals surface area contributed by atoms with Crippen LogP contribution in [0.4, 0.5) is 0 Å². The Bertz CT molecular complexity index is 660. The van der Waals surface area contributed by atoms with Gasteiger partial charge in [0.25, 0.3) is 0 Å². The molecular formula is C17H17ClN2O3. The number of imide groups is 1. The Labute approximate surface area is 139 Å². The summed E-state index contributed by atoms with van der Waals surface area (Å²) in [5, 5.41) is 3.31. The van der Waals surface area contributed by atoms with Crippen molar-refractivity contribution >= 4 is 29.3 Å². The monoisotopic (exact) mass is 332 g/mol. The maximum absolute atomic E-state index is 12.3. The number of likely N-dealkylation sites (tertiary alicyclic amines) is 1. The van der Waals surface area contributed by atoms with E-state index in [1.54, 1.807) is 18.2 Å². The molecule has 1 fully saturated rings. The van der Waals surface area contributed by atoms with Crippen LogP contribution in [0.15, 0.2) is 36.4 Å². The number of nitrogens with zero attached hydrogens (tertiary/aromatic N) is 1. The van der Waals surface area contributed by atoms with Crippen molar-refractivity contribution in [2.75, 3.05) is 6.54 Å². The highest BCUT2D eigenvalue weighted by Crippen LogP contribution is 2.34. The van der Waals surface area contributed by atoms with Crippen LogP contribution < -0.4 is 5.32 Å². The van der Waals surface area contributed by atoms with Gasteiger partial charge in [0.05, 0.1) is 11.8 Å². The number of carbonyl (C=O) groups excluding carboxylic acids is 3. The molecule has 0 spiro atoms. The van der Waals surface area contributed by atoms with Crippen LogP contribution in [0.3, 0.4) is 0 Å². The summed E-state index contributed by atoms with van der Waals surface area (Å²) >= 11 is 5.89. The van der Waals surface area contributed by atoms with Gasteiger partial charge in [0.1, 0.15) is 6.54 Å². The molecule has 120 valence electrons. The van der Waals surface area contributed by atoms with Crippen LogP contribution in [-0.2, 0) is 20.9 Å². The van der Waals surface area contributed by atoms with Crippen LogP contribution in [0.5, 0.6) is 0 Å². The number of allylic oxidation sites excluding steroid dienone is 2. The lowest BCUT2D eigenvalue weighted by Crippen LogP contribution is -2.40. The highest BCUT2D eigenvalue weighted by atomic mass is 35.5. The number of hydrogen-bond donors (Lipinski definition) is 1. The van der Waals surface area contributed by atoms with Crippen molar-refractivity contribution in [3.8, 4) is 0 Å². The first-order valence-electron chi connectivity index (χ1n) is 7.57. The van der Waals surface area contributed by atoms with Gasteiger partial charge in [-0.2, -0.15) is 0 Å². The molecule has 1 aliphatic heterocycles. The summed E-state index contributed by atoms with van der Waals surface area (Å²) < 4.78 is 0. The summed E-state index contributed by atoms with van der Waals surface area (Å²) in [4.78, 5) is 37.7. The Morgan fingerprint density at radius 3 is 2.43 bits per heavy atom. The van der Waals surface area contributed by atoms with Crippen molar-refractivity contribution < 1.29 is 14.4 Å². The van der Waals surface area contributed by atoms with Gasteiger partial charge in [0.2, 0.25) is 17.7 Å². The summed E-state index contributed by atoms with van der Waals surface area (Å²) in [5.74, 6) is -1.41. The van der Waals surface area contributed by atoms with Gasteiger partial charge in [-0.15, -0.1) is 0 Å². The van der Waals surface area contributed by atoms with Crippen molar-refractivity contribution in [1.82, 2.24) is 10.2 Å². The van der Waals surface area contributed by atoms with Crippen molar-refractivity contribution in [3.05, 3.63) is 47.0 Å². The van der Waals surface area contributed by atoms with E-state index in [1.807, 2.05) is 18.2 Å². The molecule has 0 radical (unpaired) electrons. The first kappa shape index (κ1) is 15.7. The number of hydrogen-bond acceptors (Lipinski definition) is 3. The topological polar surface area (TPSA) is 66.5 Å². The first-order valence-corrected chi connectivity index (χ1v) is 7.95. The number of rotatable bonds is 4. The van der Waals surface area contributed by atoms with Gasteiger partial charge in [-0.25, -0.2) is 0 Å². The highest BCUT2D eigenvalue weighted by Gasteiger charge is 2.47.